The summed E-state index contributed by atoms with van der Waals surface area (Å²) in [6, 6.07) is 8.70. The smallest absolute Gasteiger partial charge is 0.227 e. The topological polar surface area (TPSA) is 32.3 Å². The van der Waals surface area contributed by atoms with Gasteiger partial charge in [0.05, 0.1) is 6.42 Å². The highest BCUT2D eigenvalue weighted by Crippen LogP contribution is 2.15. The lowest BCUT2D eigenvalue weighted by molar-refractivity contribution is -0.132. The summed E-state index contributed by atoms with van der Waals surface area (Å²) in [5, 5.41) is 3.53. The van der Waals surface area contributed by atoms with Gasteiger partial charge >= 0.3 is 0 Å². The molecule has 0 spiro atoms. The van der Waals surface area contributed by atoms with E-state index in [1.54, 1.807) is 0 Å². The van der Waals surface area contributed by atoms with E-state index in [-0.39, 0.29) is 11.9 Å². The van der Waals surface area contributed by atoms with Crippen LogP contribution in [0.1, 0.15) is 38.7 Å². The molecule has 1 aliphatic heterocycles. The molecule has 1 aromatic carbocycles. The number of rotatable bonds is 5. The molecule has 1 heterocycles. The van der Waals surface area contributed by atoms with Crippen LogP contribution in [0.25, 0.3) is 0 Å². The molecular formula is C17H25BrN2O. The third kappa shape index (κ3) is 5.11. The molecule has 4 heteroatoms. The van der Waals surface area contributed by atoms with Gasteiger partial charge in [-0.1, -0.05) is 34.5 Å². The van der Waals surface area contributed by atoms with Crippen molar-refractivity contribution in [3.63, 3.8) is 0 Å². The van der Waals surface area contributed by atoms with Gasteiger partial charge in [0.2, 0.25) is 5.91 Å². The van der Waals surface area contributed by atoms with Gasteiger partial charge in [0.1, 0.15) is 0 Å². The number of amides is 1. The van der Waals surface area contributed by atoms with Crippen molar-refractivity contribution in [1.82, 2.24) is 10.2 Å². The number of carbonyl (C=O) groups is 1. The number of nitrogens with one attached hydrogen (secondary N) is 1. The predicted molar refractivity (Wildman–Crippen MR) is 90.3 cm³/mol. The molecule has 1 aliphatic rings. The lowest BCUT2D eigenvalue weighted by atomic mass is 10.0. The molecule has 0 aromatic heterocycles. The first-order valence-corrected chi connectivity index (χ1v) is 8.63. The number of hydrogen-bond acceptors (Lipinski definition) is 2. The van der Waals surface area contributed by atoms with E-state index in [1.807, 2.05) is 29.2 Å². The molecule has 2 rings (SSSR count). The van der Waals surface area contributed by atoms with Gasteiger partial charge in [0.15, 0.2) is 0 Å². The molecule has 116 valence electrons. The van der Waals surface area contributed by atoms with Crippen molar-refractivity contribution in [3.8, 4) is 0 Å². The molecule has 0 aliphatic carbocycles. The zero-order chi connectivity index (χ0) is 15.2. The largest absolute Gasteiger partial charge is 0.338 e. The minimum absolute atomic E-state index is 0.218. The summed E-state index contributed by atoms with van der Waals surface area (Å²) >= 11 is 3.46. The lowest BCUT2D eigenvalue weighted by Gasteiger charge is -2.33. The summed E-state index contributed by atoms with van der Waals surface area (Å²) in [6.07, 6.45) is 4.17. The number of hydrogen-bond donors (Lipinski definition) is 1. The number of piperidine rings is 1. The maximum atomic E-state index is 12.6. The SMILES string of the molecule is CC(C)N(CC1CCCCN1)C(=O)Cc1cccc(Br)c1. The van der Waals surface area contributed by atoms with Crippen LogP contribution in [-0.4, -0.2) is 36.0 Å². The first-order chi connectivity index (χ1) is 10.1. The third-order valence-electron chi connectivity index (χ3n) is 4.02. The van der Waals surface area contributed by atoms with E-state index in [4.69, 9.17) is 0 Å². The third-order valence-corrected chi connectivity index (χ3v) is 4.51. The van der Waals surface area contributed by atoms with Crippen LogP contribution >= 0.6 is 15.9 Å². The molecule has 1 N–H and O–H groups in total. The van der Waals surface area contributed by atoms with Crippen LogP contribution < -0.4 is 5.32 Å². The van der Waals surface area contributed by atoms with Gasteiger partial charge in [0, 0.05) is 23.1 Å². The molecule has 0 saturated carbocycles. The van der Waals surface area contributed by atoms with Crippen LogP contribution in [0.3, 0.4) is 0 Å². The molecule has 1 atom stereocenters. The Labute approximate surface area is 136 Å². The fraction of sp³-hybridized carbons (Fsp3) is 0.588. The van der Waals surface area contributed by atoms with Gasteiger partial charge < -0.3 is 10.2 Å². The van der Waals surface area contributed by atoms with Crippen LogP contribution in [0.2, 0.25) is 0 Å². The number of carbonyl (C=O) groups excluding carboxylic acids is 1. The van der Waals surface area contributed by atoms with E-state index in [0.717, 1.165) is 23.1 Å². The average molecular weight is 353 g/mol. The Morgan fingerprint density at radius 3 is 2.86 bits per heavy atom. The second-order valence-electron chi connectivity index (χ2n) is 6.09. The Hall–Kier alpha value is -0.870. The van der Waals surface area contributed by atoms with Crippen LogP contribution in [0.5, 0.6) is 0 Å². The first-order valence-electron chi connectivity index (χ1n) is 7.83. The van der Waals surface area contributed by atoms with Crippen LogP contribution in [0, 0.1) is 0 Å². The second-order valence-corrected chi connectivity index (χ2v) is 7.01. The number of benzene rings is 1. The van der Waals surface area contributed by atoms with Gasteiger partial charge in [-0.15, -0.1) is 0 Å². The van der Waals surface area contributed by atoms with E-state index in [9.17, 15) is 4.79 Å². The Kier molecular flexibility index (Phi) is 6.24. The van der Waals surface area contributed by atoms with Gasteiger partial charge in [-0.05, 0) is 50.9 Å². The standard InChI is InChI=1S/C17H25BrN2O/c1-13(2)20(12-16-8-3-4-9-19-16)17(21)11-14-6-5-7-15(18)10-14/h5-7,10,13,16,19H,3-4,8-9,11-12H2,1-2H3. The molecule has 1 amide bonds. The van der Waals surface area contributed by atoms with Gasteiger partial charge in [0.25, 0.3) is 0 Å². The predicted octanol–water partition coefficient (Wildman–Crippen LogP) is 3.37. The van der Waals surface area contributed by atoms with Crippen molar-refractivity contribution in [2.75, 3.05) is 13.1 Å². The molecular weight excluding hydrogens is 328 g/mol. The minimum atomic E-state index is 0.218. The van der Waals surface area contributed by atoms with Crippen molar-refractivity contribution in [3.05, 3.63) is 34.3 Å². The normalized spacial score (nSPS) is 18.8. The molecule has 1 unspecified atom stereocenters. The van der Waals surface area contributed by atoms with Crippen molar-refractivity contribution in [2.24, 2.45) is 0 Å². The fourth-order valence-electron chi connectivity index (χ4n) is 2.84. The lowest BCUT2D eigenvalue weighted by Crippen LogP contribution is -2.48. The van der Waals surface area contributed by atoms with E-state index in [1.165, 1.54) is 19.3 Å². The molecule has 21 heavy (non-hydrogen) atoms. The summed E-state index contributed by atoms with van der Waals surface area (Å²) < 4.78 is 1.03. The van der Waals surface area contributed by atoms with Crippen molar-refractivity contribution < 1.29 is 4.79 Å². The van der Waals surface area contributed by atoms with Crippen molar-refractivity contribution in [1.29, 1.82) is 0 Å². The molecule has 1 saturated heterocycles. The van der Waals surface area contributed by atoms with E-state index < -0.39 is 0 Å². The van der Waals surface area contributed by atoms with E-state index in [2.05, 4.69) is 35.1 Å². The van der Waals surface area contributed by atoms with Gasteiger partial charge in [-0.3, -0.25) is 4.79 Å². The van der Waals surface area contributed by atoms with E-state index >= 15 is 0 Å². The quantitative estimate of drug-likeness (QED) is 0.880. The summed E-state index contributed by atoms with van der Waals surface area (Å²) in [7, 11) is 0. The fourth-order valence-corrected chi connectivity index (χ4v) is 3.29. The first kappa shape index (κ1) is 16.5. The van der Waals surface area contributed by atoms with Gasteiger partial charge in [-0.25, -0.2) is 0 Å². The minimum Gasteiger partial charge on any atom is -0.338 e. The summed E-state index contributed by atoms with van der Waals surface area (Å²) in [6.45, 7) is 6.10. The molecule has 0 bridgehead atoms. The highest BCUT2D eigenvalue weighted by atomic mass is 79.9. The zero-order valence-corrected chi connectivity index (χ0v) is 14.5. The maximum Gasteiger partial charge on any atom is 0.227 e. The highest BCUT2D eigenvalue weighted by molar-refractivity contribution is 9.10. The van der Waals surface area contributed by atoms with E-state index in [0.29, 0.717) is 12.5 Å². The van der Waals surface area contributed by atoms with Crippen LogP contribution in [-0.2, 0) is 11.2 Å². The number of halogens is 1. The van der Waals surface area contributed by atoms with Crippen molar-refractivity contribution >= 4 is 21.8 Å². The number of nitrogens with zero attached hydrogens (tertiary/aromatic N) is 1. The Morgan fingerprint density at radius 1 is 1.43 bits per heavy atom. The highest BCUT2D eigenvalue weighted by Gasteiger charge is 2.22. The molecule has 1 aromatic rings. The summed E-state index contributed by atoms with van der Waals surface area (Å²) in [5.41, 5.74) is 1.07. The molecule has 0 radical (unpaired) electrons. The summed E-state index contributed by atoms with van der Waals surface area (Å²) in [5.74, 6) is 0.218. The Balaban J connectivity index is 1.98. The Bertz CT molecular complexity index is 470. The molecule has 1 fully saturated rings. The van der Waals surface area contributed by atoms with Gasteiger partial charge in [-0.2, -0.15) is 0 Å². The molecule has 3 nitrogen and oxygen atoms in total. The van der Waals surface area contributed by atoms with Crippen LogP contribution in [0.15, 0.2) is 28.7 Å². The van der Waals surface area contributed by atoms with Crippen molar-refractivity contribution in [2.45, 2.75) is 51.6 Å². The average Bonchev–Trinajstić information content (AvgIpc) is 2.45. The second kappa shape index (κ2) is 7.95. The zero-order valence-electron chi connectivity index (χ0n) is 12.9. The van der Waals surface area contributed by atoms with Crippen LogP contribution in [0.4, 0.5) is 0 Å². The Morgan fingerprint density at radius 2 is 2.24 bits per heavy atom. The monoisotopic (exact) mass is 352 g/mol. The summed E-state index contributed by atoms with van der Waals surface area (Å²) in [4.78, 5) is 14.6. The maximum absolute atomic E-state index is 12.6.